The number of nitrogens with one attached hydrogen (secondary N) is 1. The third kappa shape index (κ3) is 4.64. The standard InChI is InChI=1S/C13H27N3O/c1-4-5-6-12(14)13(17)15-11-7-8-16(3)10(2)9-11/h10-12H,4-9,14H2,1-3H3,(H,15,17)/t10?,11?,12-/m0/s1. The normalized spacial score (nSPS) is 27.8. The number of unbranched alkanes of at least 4 members (excludes halogenated alkanes) is 1. The summed E-state index contributed by atoms with van der Waals surface area (Å²) in [6.45, 7) is 5.37. The lowest BCUT2D eigenvalue weighted by atomic mass is 9.98. The zero-order chi connectivity index (χ0) is 12.8. The summed E-state index contributed by atoms with van der Waals surface area (Å²) < 4.78 is 0. The molecule has 17 heavy (non-hydrogen) atoms. The first-order valence-electron chi connectivity index (χ1n) is 6.80. The molecule has 0 aromatic rings. The Balaban J connectivity index is 2.31. The second-order valence-corrected chi connectivity index (χ2v) is 5.31. The molecular weight excluding hydrogens is 214 g/mol. The Morgan fingerprint density at radius 3 is 2.88 bits per heavy atom. The molecule has 1 fully saturated rings. The SMILES string of the molecule is CCCC[C@H](N)C(=O)NC1CCN(C)C(C)C1. The molecule has 0 saturated carbocycles. The average Bonchev–Trinajstić information content (AvgIpc) is 2.30. The third-order valence-electron chi connectivity index (χ3n) is 3.76. The fourth-order valence-electron chi connectivity index (χ4n) is 2.28. The van der Waals surface area contributed by atoms with Crippen LogP contribution in [0.2, 0.25) is 0 Å². The summed E-state index contributed by atoms with van der Waals surface area (Å²) in [6.07, 6.45) is 4.98. The molecule has 0 radical (unpaired) electrons. The van der Waals surface area contributed by atoms with Crippen LogP contribution in [0.4, 0.5) is 0 Å². The van der Waals surface area contributed by atoms with Crippen molar-refractivity contribution in [2.45, 2.75) is 64.1 Å². The van der Waals surface area contributed by atoms with Crippen molar-refractivity contribution in [3.05, 3.63) is 0 Å². The number of hydrogen-bond donors (Lipinski definition) is 2. The number of nitrogens with zero attached hydrogens (tertiary/aromatic N) is 1. The van der Waals surface area contributed by atoms with Crippen LogP contribution in [0.25, 0.3) is 0 Å². The molecule has 0 aromatic heterocycles. The van der Waals surface area contributed by atoms with Crippen molar-refractivity contribution in [2.24, 2.45) is 5.73 Å². The average molecular weight is 241 g/mol. The van der Waals surface area contributed by atoms with Gasteiger partial charge in [0.05, 0.1) is 6.04 Å². The number of carbonyl (C=O) groups is 1. The molecule has 1 amide bonds. The van der Waals surface area contributed by atoms with Crippen LogP contribution in [-0.2, 0) is 4.79 Å². The topological polar surface area (TPSA) is 58.4 Å². The fourth-order valence-corrected chi connectivity index (χ4v) is 2.28. The summed E-state index contributed by atoms with van der Waals surface area (Å²) in [5, 5.41) is 3.09. The second kappa shape index (κ2) is 6.97. The Morgan fingerprint density at radius 2 is 2.29 bits per heavy atom. The molecule has 3 N–H and O–H groups in total. The minimum atomic E-state index is -0.329. The highest BCUT2D eigenvalue weighted by molar-refractivity contribution is 5.81. The van der Waals surface area contributed by atoms with E-state index in [0.717, 1.165) is 38.6 Å². The van der Waals surface area contributed by atoms with Gasteiger partial charge in [0.25, 0.3) is 0 Å². The van der Waals surface area contributed by atoms with Crippen LogP contribution in [0.1, 0.15) is 46.0 Å². The van der Waals surface area contributed by atoms with Gasteiger partial charge in [0, 0.05) is 18.6 Å². The van der Waals surface area contributed by atoms with Crippen molar-refractivity contribution < 1.29 is 4.79 Å². The van der Waals surface area contributed by atoms with Gasteiger partial charge < -0.3 is 16.0 Å². The zero-order valence-corrected chi connectivity index (χ0v) is 11.4. The molecule has 1 aliphatic rings. The number of hydrogen-bond acceptors (Lipinski definition) is 3. The summed E-state index contributed by atoms with van der Waals surface area (Å²) in [6, 6.07) is 0.521. The minimum Gasteiger partial charge on any atom is -0.352 e. The molecule has 1 saturated heterocycles. The smallest absolute Gasteiger partial charge is 0.237 e. The van der Waals surface area contributed by atoms with E-state index in [0.29, 0.717) is 12.1 Å². The summed E-state index contributed by atoms with van der Waals surface area (Å²) in [7, 11) is 2.13. The van der Waals surface area contributed by atoms with Crippen LogP contribution in [0, 0.1) is 0 Å². The lowest BCUT2D eigenvalue weighted by Crippen LogP contribution is -2.51. The third-order valence-corrected chi connectivity index (χ3v) is 3.76. The van der Waals surface area contributed by atoms with Crippen LogP contribution in [-0.4, -0.2) is 42.5 Å². The van der Waals surface area contributed by atoms with E-state index in [9.17, 15) is 4.79 Å². The number of carbonyl (C=O) groups excluding carboxylic acids is 1. The number of rotatable bonds is 5. The second-order valence-electron chi connectivity index (χ2n) is 5.31. The molecule has 0 spiro atoms. The van der Waals surface area contributed by atoms with Crippen LogP contribution in [0.3, 0.4) is 0 Å². The lowest BCUT2D eigenvalue weighted by molar-refractivity contribution is -0.123. The van der Waals surface area contributed by atoms with Gasteiger partial charge in [0.15, 0.2) is 0 Å². The molecule has 1 aliphatic heterocycles. The highest BCUT2D eigenvalue weighted by Gasteiger charge is 2.25. The van der Waals surface area contributed by atoms with Gasteiger partial charge in [-0.25, -0.2) is 0 Å². The van der Waals surface area contributed by atoms with E-state index in [1.165, 1.54) is 0 Å². The van der Waals surface area contributed by atoms with Crippen molar-refractivity contribution in [3.8, 4) is 0 Å². The lowest BCUT2D eigenvalue weighted by Gasteiger charge is -2.35. The first-order chi connectivity index (χ1) is 8.04. The molecule has 0 aliphatic carbocycles. The van der Waals surface area contributed by atoms with Crippen molar-refractivity contribution in [3.63, 3.8) is 0 Å². The van der Waals surface area contributed by atoms with E-state index < -0.39 is 0 Å². The number of amides is 1. The number of piperidine rings is 1. The summed E-state index contributed by atoms with van der Waals surface area (Å²) in [4.78, 5) is 14.2. The maximum absolute atomic E-state index is 11.9. The summed E-state index contributed by atoms with van der Waals surface area (Å²) in [5.74, 6) is 0.0280. The van der Waals surface area contributed by atoms with E-state index in [4.69, 9.17) is 5.73 Å². The highest BCUT2D eigenvalue weighted by Crippen LogP contribution is 2.15. The van der Waals surface area contributed by atoms with Gasteiger partial charge in [-0.2, -0.15) is 0 Å². The van der Waals surface area contributed by atoms with Gasteiger partial charge >= 0.3 is 0 Å². The van der Waals surface area contributed by atoms with Crippen LogP contribution in [0.15, 0.2) is 0 Å². The first kappa shape index (κ1) is 14.5. The number of nitrogens with two attached hydrogens (primary N) is 1. The monoisotopic (exact) mass is 241 g/mol. The Kier molecular flexibility index (Phi) is 5.92. The molecule has 3 atom stereocenters. The highest BCUT2D eigenvalue weighted by atomic mass is 16.2. The van der Waals surface area contributed by atoms with E-state index >= 15 is 0 Å². The van der Waals surface area contributed by atoms with Crippen molar-refractivity contribution >= 4 is 5.91 Å². The van der Waals surface area contributed by atoms with Gasteiger partial charge in [-0.05, 0) is 33.2 Å². The van der Waals surface area contributed by atoms with E-state index in [-0.39, 0.29) is 11.9 Å². The van der Waals surface area contributed by atoms with Gasteiger partial charge in [-0.3, -0.25) is 4.79 Å². The summed E-state index contributed by atoms with van der Waals surface area (Å²) >= 11 is 0. The Hall–Kier alpha value is -0.610. The fraction of sp³-hybridized carbons (Fsp3) is 0.923. The molecule has 1 heterocycles. The van der Waals surface area contributed by atoms with Gasteiger partial charge in [0.2, 0.25) is 5.91 Å². The van der Waals surface area contributed by atoms with Gasteiger partial charge in [-0.15, -0.1) is 0 Å². The first-order valence-corrected chi connectivity index (χ1v) is 6.80. The molecule has 4 nitrogen and oxygen atoms in total. The Labute approximate surface area is 105 Å². The largest absolute Gasteiger partial charge is 0.352 e. The Bertz CT molecular complexity index is 245. The molecule has 100 valence electrons. The molecular formula is C13H27N3O. The van der Waals surface area contributed by atoms with E-state index in [2.05, 4.69) is 31.1 Å². The van der Waals surface area contributed by atoms with E-state index in [1.54, 1.807) is 0 Å². The van der Waals surface area contributed by atoms with E-state index in [1.807, 2.05) is 0 Å². The van der Waals surface area contributed by atoms with Crippen molar-refractivity contribution in [1.29, 1.82) is 0 Å². The minimum absolute atomic E-state index is 0.0280. The van der Waals surface area contributed by atoms with Crippen LogP contribution in [0.5, 0.6) is 0 Å². The zero-order valence-electron chi connectivity index (χ0n) is 11.4. The van der Waals surface area contributed by atoms with Crippen LogP contribution < -0.4 is 11.1 Å². The molecule has 1 rings (SSSR count). The predicted octanol–water partition coefficient (Wildman–Crippen LogP) is 1.10. The summed E-state index contributed by atoms with van der Waals surface area (Å²) in [5.41, 5.74) is 5.86. The van der Waals surface area contributed by atoms with Crippen LogP contribution >= 0.6 is 0 Å². The van der Waals surface area contributed by atoms with Gasteiger partial charge in [0.1, 0.15) is 0 Å². The molecule has 4 heteroatoms. The predicted molar refractivity (Wildman–Crippen MR) is 70.8 cm³/mol. The van der Waals surface area contributed by atoms with Crippen molar-refractivity contribution in [1.82, 2.24) is 10.2 Å². The van der Waals surface area contributed by atoms with Crippen molar-refractivity contribution in [2.75, 3.05) is 13.6 Å². The molecule has 0 aromatic carbocycles. The molecule has 0 bridgehead atoms. The van der Waals surface area contributed by atoms with Gasteiger partial charge in [-0.1, -0.05) is 19.8 Å². The molecule has 2 unspecified atom stereocenters. The number of likely N-dealkylation sites (tertiary alicyclic amines) is 1. The Morgan fingerprint density at radius 1 is 1.59 bits per heavy atom. The maximum atomic E-state index is 11.9. The maximum Gasteiger partial charge on any atom is 0.237 e. The quantitative estimate of drug-likeness (QED) is 0.758.